The lowest BCUT2D eigenvalue weighted by molar-refractivity contribution is 0.194. The van der Waals surface area contributed by atoms with Gasteiger partial charge in [-0.15, -0.1) is 11.3 Å². The highest BCUT2D eigenvalue weighted by atomic mass is 35.5. The highest BCUT2D eigenvalue weighted by Crippen LogP contribution is 2.42. The molecule has 1 fully saturated rings. The van der Waals surface area contributed by atoms with E-state index in [4.69, 9.17) is 11.6 Å². The maximum Gasteiger partial charge on any atom is 0.0561 e. The molecule has 0 spiro atoms. The summed E-state index contributed by atoms with van der Waals surface area (Å²) in [6, 6.07) is 2.47. The van der Waals surface area contributed by atoms with E-state index in [2.05, 4.69) is 31.6 Å². The second-order valence-electron chi connectivity index (χ2n) is 5.82. The normalized spacial score (nSPS) is 26.5. The maximum absolute atomic E-state index is 6.28. The van der Waals surface area contributed by atoms with E-state index < -0.39 is 0 Å². The van der Waals surface area contributed by atoms with Crippen LogP contribution in [0.3, 0.4) is 0 Å². The Hall–Kier alpha value is -0.0500. The van der Waals surface area contributed by atoms with Crippen LogP contribution in [0.25, 0.3) is 0 Å². The molecule has 0 saturated heterocycles. The van der Waals surface area contributed by atoms with Crippen LogP contribution in [0.4, 0.5) is 0 Å². The standard InChI is InChI=1S/C15H24ClNS/c1-10(2)11-4-6-12(7-5-11)14(17-3)15-13(16)8-9-18-15/h8-12,14,17H,4-7H2,1-3H3. The smallest absolute Gasteiger partial charge is 0.0561 e. The molecule has 1 aromatic heterocycles. The third kappa shape index (κ3) is 3.09. The molecule has 1 unspecified atom stereocenters. The minimum atomic E-state index is 0.450. The Bertz CT molecular complexity index is 366. The first-order chi connectivity index (χ1) is 8.63. The Morgan fingerprint density at radius 3 is 2.28 bits per heavy atom. The summed E-state index contributed by atoms with van der Waals surface area (Å²) in [6.07, 6.45) is 5.43. The molecule has 1 atom stereocenters. The van der Waals surface area contributed by atoms with Gasteiger partial charge in [0.15, 0.2) is 0 Å². The van der Waals surface area contributed by atoms with Gasteiger partial charge in [-0.05, 0) is 61.9 Å². The summed E-state index contributed by atoms with van der Waals surface area (Å²) in [4.78, 5) is 1.33. The van der Waals surface area contributed by atoms with Gasteiger partial charge in [0, 0.05) is 10.9 Å². The van der Waals surface area contributed by atoms with E-state index in [1.54, 1.807) is 11.3 Å². The van der Waals surface area contributed by atoms with Crippen molar-refractivity contribution in [2.75, 3.05) is 7.05 Å². The summed E-state index contributed by atoms with van der Waals surface area (Å²) < 4.78 is 0. The highest BCUT2D eigenvalue weighted by molar-refractivity contribution is 7.10. The number of hydrogen-bond donors (Lipinski definition) is 1. The number of hydrogen-bond acceptors (Lipinski definition) is 2. The van der Waals surface area contributed by atoms with Crippen LogP contribution in [-0.2, 0) is 0 Å². The van der Waals surface area contributed by atoms with Crippen LogP contribution in [0.5, 0.6) is 0 Å². The molecule has 1 nitrogen and oxygen atoms in total. The largest absolute Gasteiger partial charge is 0.312 e. The molecule has 0 aliphatic heterocycles. The van der Waals surface area contributed by atoms with Gasteiger partial charge in [0.2, 0.25) is 0 Å². The molecule has 3 heteroatoms. The molecule has 1 aliphatic rings. The van der Waals surface area contributed by atoms with Crippen LogP contribution >= 0.6 is 22.9 Å². The number of halogens is 1. The SMILES string of the molecule is CNC(c1sccc1Cl)C1CCC(C(C)C)CC1. The van der Waals surface area contributed by atoms with Crippen LogP contribution in [0, 0.1) is 17.8 Å². The fourth-order valence-corrected chi connectivity index (χ4v) is 4.63. The Kier molecular flexibility index (Phi) is 5.11. The fraction of sp³-hybridized carbons (Fsp3) is 0.733. The minimum absolute atomic E-state index is 0.450. The van der Waals surface area contributed by atoms with Gasteiger partial charge in [0.05, 0.1) is 5.02 Å². The molecule has 0 amide bonds. The Morgan fingerprint density at radius 2 is 1.83 bits per heavy atom. The van der Waals surface area contributed by atoms with Crippen LogP contribution < -0.4 is 5.32 Å². The van der Waals surface area contributed by atoms with Crippen molar-refractivity contribution in [3.63, 3.8) is 0 Å². The molecular formula is C15H24ClNS. The zero-order valence-electron chi connectivity index (χ0n) is 11.6. The predicted molar refractivity (Wildman–Crippen MR) is 81.4 cm³/mol. The molecule has 0 bridgehead atoms. The first kappa shape index (κ1) is 14.4. The van der Waals surface area contributed by atoms with Gasteiger partial charge in [0.25, 0.3) is 0 Å². The quantitative estimate of drug-likeness (QED) is 0.809. The summed E-state index contributed by atoms with van der Waals surface area (Å²) in [5.41, 5.74) is 0. The van der Waals surface area contributed by atoms with Crippen molar-refractivity contribution >= 4 is 22.9 Å². The van der Waals surface area contributed by atoms with Crippen molar-refractivity contribution in [2.45, 2.75) is 45.6 Å². The molecule has 0 aromatic carbocycles. The zero-order valence-corrected chi connectivity index (χ0v) is 13.2. The lowest BCUT2D eigenvalue weighted by atomic mass is 9.74. The first-order valence-corrected chi connectivity index (χ1v) is 8.29. The molecule has 1 aliphatic carbocycles. The summed E-state index contributed by atoms with van der Waals surface area (Å²) in [6.45, 7) is 4.72. The van der Waals surface area contributed by atoms with E-state index in [1.807, 2.05) is 6.07 Å². The predicted octanol–water partition coefficient (Wildman–Crippen LogP) is 5.12. The Balaban J connectivity index is 2.01. The summed E-state index contributed by atoms with van der Waals surface area (Å²) in [5.74, 6) is 2.52. The van der Waals surface area contributed by atoms with Crippen molar-refractivity contribution < 1.29 is 0 Å². The van der Waals surface area contributed by atoms with Crippen molar-refractivity contribution in [3.8, 4) is 0 Å². The van der Waals surface area contributed by atoms with E-state index in [0.717, 1.165) is 22.8 Å². The maximum atomic E-state index is 6.28. The van der Waals surface area contributed by atoms with Crippen molar-refractivity contribution in [1.82, 2.24) is 5.32 Å². The van der Waals surface area contributed by atoms with Crippen LogP contribution in [-0.4, -0.2) is 7.05 Å². The van der Waals surface area contributed by atoms with E-state index in [-0.39, 0.29) is 0 Å². The van der Waals surface area contributed by atoms with Crippen molar-refractivity contribution in [1.29, 1.82) is 0 Å². The van der Waals surface area contributed by atoms with Gasteiger partial charge in [-0.3, -0.25) is 0 Å². The third-order valence-corrected chi connectivity index (χ3v) is 5.91. The molecule has 1 N–H and O–H groups in total. The van der Waals surface area contributed by atoms with Crippen molar-refractivity contribution in [2.24, 2.45) is 17.8 Å². The average Bonchev–Trinajstić information content (AvgIpc) is 2.78. The summed E-state index contributed by atoms with van der Waals surface area (Å²) in [7, 11) is 2.06. The molecule has 1 saturated carbocycles. The second kappa shape index (κ2) is 6.40. The highest BCUT2D eigenvalue weighted by Gasteiger charge is 2.30. The van der Waals surface area contributed by atoms with Gasteiger partial charge >= 0.3 is 0 Å². The van der Waals surface area contributed by atoms with E-state index in [0.29, 0.717) is 6.04 Å². The van der Waals surface area contributed by atoms with Crippen LogP contribution in [0.1, 0.15) is 50.4 Å². The molecule has 102 valence electrons. The average molecular weight is 286 g/mol. The van der Waals surface area contributed by atoms with E-state index in [9.17, 15) is 0 Å². The fourth-order valence-electron chi connectivity index (χ4n) is 3.25. The second-order valence-corrected chi connectivity index (χ2v) is 7.17. The topological polar surface area (TPSA) is 12.0 Å². The molecular weight excluding hydrogens is 262 g/mol. The van der Waals surface area contributed by atoms with Gasteiger partial charge in [-0.1, -0.05) is 25.4 Å². The zero-order chi connectivity index (χ0) is 13.1. The number of rotatable bonds is 4. The third-order valence-electron chi connectivity index (χ3n) is 4.47. The Labute approximate surface area is 120 Å². The Morgan fingerprint density at radius 1 is 1.22 bits per heavy atom. The molecule has 18 heavy (non-hydrogen) atoms. The van der Waals surface area contributed by atoms with Gasteiger partial charge in [-0.2, -0.15) is 0 Å². The number of thiophene rings is 1. The molecule has 1 aromatic rings. The first-order valence-electron chi connectivity index (χ1n) is 7.03. The summed E-state index contributed by atoms with van der Waals surface area (Å²) in [5, 5.41) is 6.52. The molecule has 1 heterocycles. The minimum Gasteiger partial charge on any atom is -0.312 e. The molecule has 2 rings (SSSR count). The van der Waals surface area contributed by atoms with Crippen molar-refractivity contribution in [3.05, 3.63) is 21.3 Å². The van der Waals surface area contributed by atoms with Gasteiger partial charge < -0.3 is 5.32 Å². The van der Waals surface area contributed by atoms with Gasteiger partial charge in [-0.25, -0.2) is 0 Å². The van der Waals surface area contributed by atoms with Gasteiger partial charge in [0.1, 0.15) is 0 Å². The van der Waals surface area contributed by atoms with E-state index >= 15 is 0 Å². The molecule has 0 radical (unpaired) electrons. The lowest BCUT2D eigenvalue weighted by Crippen LogP contribution is -2.29. The summed E-state index contributed by atoms with van der Waals surface area (Å²) >= 11 is 8.07. The van der Waals surface area contributed by atoms with Crippen LogP contribution in [0.2, 0.25) is 5.02 Å². The van der Waals surface area contributed by atoms with E-state index in [1.165, 1.54) is 30.6 Å². The monoisotopic (exact) mass is 285 g/mol. The number of nitrogens with one attached hydrogen (secondary N) is 1. The van der Waals surface area contributed by atoms with Crippen LogP contribution in [0.15, 0.2) is 11.4 Å². The lowest BCUT2D eigenvalue weighted by Gasteiger charge is -2.35.